The lowest BCUT2D eigenvalue weighted by Gasteiger charge is -2.08. The summed E-state index contributed by atoms with van der Waals surface area (Å²) in [7, 11) is 0. The van der Waals surface area contributed by atoms with E-state index in [2.05, 4.69) is 12.1 Å². The Morgan fingerprint density at radius 3 is 2.22 bits per heavy atom. The minimum atomic E-state index is -0.412. The van der Waals surface area contributed by atoms with Gasteiger partial charge in [-0.1, -0.05) is 42.5 Å². The van der Waals surface area contributed by atoms with E-state index in [1.807, 2.05) is 48.5 Å². The van der Waals surface area contributed by atoms with Crippen LogP contribution in [0.1, 0.15) is 18.1 Å². The van der Waals surface area contributed by atoms with Crippen molar-refractivity contribution in [3.05, 3.63) is 65.7 Å². The lowest BCUT2D eigenvalue weighted by Crippen LogP contribution is -2.07. The van der Waals surface area contributed by atoms with Crippen molar-refractivity contribution in [1.82, 2.24) is 0 Å². The summed E-state index contributed by atoms with van der Waals surface area (Å²) >= 11 is 0. The topological polar surface area (TPSA) is 33.0 Å². The van der Waals surface area contributed by atoms with Crippen molar-refractivity contribution in [3.63, 3.8) is 0 Å². The second-order valence-electron chi connectivity index (χ2n) is 4.20. The predicted molar refractivity (Wildman–Crippen MR) is 71.4 cm³/mol. The van der Waals surface area contributed by atoms with Crippen LogP contribution in [0.15, 0.2) is 54.6 Å². The Hall–Kier alpha value is -2.27. The minimum absolute atomic E-state index is 0.412. The lowest BCUT2D eigenvalue weighted by atomic mass is 10.1. The number of nitriles is 1. The Morgan fingerprint density at radius 2 is 1.61 bits per heavy atom. The maximum Gasteiger partial charge on any atom is 0.181 e. The van der Waals surface area contributed by atoms with E-state index in [1.54, 1.807) is 6.92 Å². The second-order valence-corrected chi connectivity index (χ2v) is 4.20. The molecule has 2 heteroatoms. The molecule has 0 aliphatic rings. The average Bonchev–Trinajstić information content (AvgIpc) is 2.42. The number of ether oxygens (including phenoxy) is 1. The van der Waals surface area contributed by atoms with Crippen molar-refractivity contribution < 1.29 is 4.74 Å². The van der Waals surface area contributed by atoms with E-state index in [4.69, 9.17) is 10.00 Å². The quantitative estimate of drug-likeness (QED) is 0.814. The summed E-state index contributed by atoms with van der Waals surface area (Å²) < 4.78 is 5.41. The summed E-state index contributed by atoms with van der Waals surface area (Å²) in [5, 5.41) is 8.67. The smallest absolute Gasteiger partial charge is 0.181 e. The standard InChI is InChI=1S/C16H15NO/c1-13(12-17)18-16-9-7-15(8-10-16)11-14-5-3-2-4-6-14/h2-10,13H,11H2,1H3. The molecular formula is C16H15NO. The van der Waals surface area contributed by atoms with Crippen LogP contribution in [0.25, 0.3) is 0 Å². The fourth-order valence-electron chi connectivity index (χ4n) is 1.75. The van der Waals surface area contributed by atoms with E-state index in [0.29, 0.717) is 0 Å². The summed E-state index contributed by atoms with van der Waals surface area (Å²) in [6.45, 7) is 1.73. The molecule has 18 heavy (non-hydrogen) atoms. The fourth-order valence-corrected chi connectivity index (χ4v) is 1.75. The number of benzene rings is 2. The SMILES string of the molecule is CC(C#N)Oc1ccc(Cc2ccccc2)cc1. The predicted octanol–water partition coefficient (Wildman–Crippen LogP) is 3.57. The van der Waals surface area contributed by atoms with Crippen molar-refractivity contribution in [1.29, 1.82) is 5.26 Å². The largest absolute Gasteiger partial charge is 0.476 e. The van der Waals surface area contributed by atoms with Gasteiger partial charge in [0.1, 0.15) is 11.8 Å². The molecule has 0 heterocycles. The van der Waals surface area contributed by atoms with E-state index >= 15 is 0 Å². The Labute approximate surface area is 107 Å². The molecule has 0 amide bonds. The van der Waals surface area contributed by atoms with Crippen LogP contribution in [0, 0.1) is 11.3 Å². The molecule has 0 aliphatic carbocycles. The first-order valence-corrected chi connectivity index (χ1v) is 5.97. The maximum atomic E-state index is 8.67. The highest BCUT2D eigenvalue weighted by Crippen LogP contribution is 2.16. The molecule has 90 valence electrons. The normalized spacial score (nSPS) is 11.6. The highest BCUT2D eigenvalue weighted by molar-refractivity contribution is 5.31. The van der Waals surface area contributed by atoms with Gasteiger partial charge in [0, 0.05) is 0 Å². The zero-order chi connectivity index (χ0) is 12.8. The average molecular weight is 237 g/mol. The molecule has 0 aliphatic heterocycles. The summed E-state index contributed by atoms with van der Waals surface area (Å²) in [6.07, 6.45) is 0.500. The molecule has 0 radical (unpaired) electrons. The Kier molecular flexibility index (Phi) is 3.98. The van der Waals surface area contributed by atoms with E-state index < -0.39 is 6.10 Å². The molecule has 0 fully saturated rings. The molecule has 2 aromatic rings. The molecule has 0 saturated heterocycles. The van der Waals surface area contributed by atoms with Gasteiger partial charge in [-0.15, -0.1) is 0 Å². The number of hydrogen-bond donors (Lipinski definition) is 0. The van der Waals surface area contributed by atoms with Gasteiger partial charge in [0.25, 0.3) is 0 Å². The third kappa shape index (κ3) is 3.36. The molecule has 2 rings (SSSR count). The van der Waals surface area contributed by atoms with E-state index in [9.17, 15) is 0 Å². The van der Waals surface area contributed by atoms with Crippen LogP contribution in [-0.2, 0) is 6.42 Å². The van der Waals surface area contributed by atoms with Gasteiger partial charge >= 0.3 is 0 Å². The van der Waals surface area contributed by atoms with Crippen molar-refractivity contribution in [2.24, 2.45) is 0 Å². The molecule has 2 nitrogen and oxygen atoms in total. The molecule has 1 atom stereocenters. The summed E-state index contributed by atoms with van der Waals surface area (Å²) in [6, 6.07) is 20.3. The number of rotatable bonds is 4. The van der Waals surface area contributed by atoms with Crippen molar-refractivity contribution in [3.8, 4) is 11.8 Å². The maximum absolute atomic E-state index is 8.67. The molecule has 0 bridgehead atoms. The van der Waals surface area contributed by atoms with Gasteiger partial charge in [0.2, 0.25) is 0 Å². The van der Waals surface area contributed by atoms with E-state index in [1.165, 1.54) is 11.1 Å². The Bertz CT molecular complexity index is 525. The first kappa shape index (κ1) is 12.2. The van der Waals surface area contributed by atoms with Crippen molar-refractivity contribution in [2.45, 2.75) is 19.4 Å². The van der Waals surface area contributed by atoms with E-state index in [-0.39, 0.29) is 0 Å². The van der Waals surface area contributed by atoms with Crippen molar-refractivity contribution in [2.75, 3.05) is 0 Å². The fraction of sp³-hybridized carbons (Fsp3) is 0.188. The van der Waals surface area contributed by atoms with Crippen LogP contribution in [-0.4, -0.2) is 6.10 Å². The Balaban J connectivity index is 2.02. The number of hydrogen-bond acceptors (Lipinski definition) is 2. The summed E-state index contributed by atoms with van der Waals surface area (Å²) in [4.78, 5) is 0. The van der Waals surface area contributed by atoms with Gasteiger partial charge in [-0.2, -0.15) is 5.26 Å². The zero-order valence-corrected chi connectivity index (χ0v) is 10.3. The van der Waals surface area contributed by atoms with Crippen LogP contribution in [0.4, 0.5) is 0 Å². The first-order valence-electron chi connectivity index (χ1n) is 5.97. The van der Waals surface area contributed by atoms with Crippen LogP contribution in [0.5, 0.6) is 5.75 Å². The van der Waals surface area contributed by atoms with Gasteiger partial charge < -0.3 is 4.74 Å². The van der Waals surface area contributed by atoms with Gasteiger partial charge in [-0.25, -0.2) is 0 Å². The summed E-state index contributed by atoms with van der Waals surface area (Å²) in [5.41, 5.74) is 2.52. The van der Waals surface area contributed by atoms with Gasteiger partial charge in [-0.3, -0.25) is 0 Å². The van der Waals surface area contributed by atoms with E-state index in [0.717, 1.165) is 12.2 Å². The van der Waals surface area contributed by atoms with Crippen molar-refractivity contribution >= 4 is 0 Å². The first-order chi connectivity index (χ1) is 8.78. The van der Waals surface area contributed by atoms with Crippen LogP contribution >= 0.6 is 0 Å². The van der Waals surface area contributed by atoms with Gasteiger partial charge in [0.15, 0.2) is 6.10 Å². The third-order valence-electron chi connectivity index (χ3n) is 2.67. The Morgan fingerprint density at radius 1 is 1.00 bits per heavy atom. The highest BCUT2D eigenvalue weighted by Gasteiger charge is 2.01. The molecule has 0 aromatic heterocycles. The molecule has 0 saturated carbocycles. The highest BCUT2D eigenvalue weighted by atomic mass is 16.5. The van der Waals surface area contributed by atoms with Crippen LogP contribution < -0.4 is 4.74 Å². The number of nitrogens with zero attached hydrogens (tertiary/aromatic N) is 1. The molecule has 0 spiro atoms. The molecular weight excluding hydrogens is 222 g/mol. The molecule has 2 aromatic carbocycles. The van der Waals surface area contributed by atoms with Crippen LogP contribution in [0.2, 0.25) is 0 Å². The van der Waals surface area contributed by atoms with Gasteiger partial charge in [-0.05, 0) is 36.6 Å². The zero-order valence-electron chi connectivity index (χ0n) is 10.3. The molecule has 1 unspecified atom stereocenters. The monoisotopic (exact) mass is 237 g/mol. The second kappa shape index (κ2) is 5.88. The third-order valence-corrected chi connectivity index (χ3v) is 2.67. The molecule has 0 N–H and O–H groups in total. The van der Waals surface area contributed by atoms with Gasteiger partial charge in [0.05, 0.1) is 0 Å². The summed E-state index contributed by atoms with van der Waals surface area (Å²) in [5.74, 6) is 0.737. The van der Waals surface area contributed by atoms with Crippen LogP contribution in [0.3, 0.4) is 0 Å². The lowest BCUT2D eigenvalue weighted by molar-refractivity contribution is 0.276. The minimum Gasteiger partial charge on any atom is -0.476 e.